The Morgan fingerprint density at radius 1 is 1.00 bits per heavy atom. The van der Waals surface area contributed by atoms with Gasteiger partial charge in [0.2, 0.25) is 0 Å². The summed E-state index contributed by atoms with van der Waals surface area (Å²) in [7, 11) is 0. The van der Waals surface area contributed by atoms with Crippen LogP contribution in [0.15, 0.2) is 59.6 Å². The van der Waals surface area contributed by atoms with Crippen LogP contribution in [0.25, 0.3) is 0 Å². The van der Waals surface area contributed by atoms with Crippen molar-refractivity contribution in [3.8, 4) is 5.75 Å². The lowest BCUT2D eigenvalue weighted by Gasteiger charge is -2.06. The number of ether oxygens (including phenoxy) is 1. The van der Waals surface area contributed by atoms with Crippen LogP contribution in [-0.4, -0.2) is 5.96 Å². The van der Waals surface area contributed by atoms with Crippen LogP contribution in [-0.2, 0) is 6.61 Å². The van der Waals surface area contributed by atoms with Crippen LogP contribution in [0.2, 0.25) is 0 Å². The third-order valence-corrected chi connectivity index (χ3v) is 2.32. The number of nitrogens with zero attached hydrogens (tertiary/aromatic N) is 1. The fourth-order valence-corrected chi connectivity index (χ4v) is 1.53. The van der Waals surface area contributed by atoms with E-state index in [1.807, 2.05) is 62.4 Å². The SMILES string of the molecule is CC.NC(N)=Nc1cccc(OCc2ccccc2)c1. The lowest BCUT2D eigenvalue weighted by molar-refractivity contribution is 0.306. The molecule has 20 heavy (non-hydrogen) atoms. The van der Waals surface area contributed by atoms with Crippen molar-refractivity contribution in [2.75, 3.05) is 0 Å². The summed E-state index contributed by atoms with van der Waals surface area (Å²) < 4.78 is 5.66. The summed E-state index contributed by atoms with van der Waals surface area (Å²) >= 11 is 0. The van der Waals surface area contributed by atoms with Gasteiger partial charge in [-0.25, -0.2) is 4.99 Å². The molecule has 0 atom stereocenters. The first kappa shape index (κ1) is 15.6. The van der Waals surface area contributed by atoms with Gasteiger partial charge in [-0.1, -0.05) is 50.2 Å². The van der Waals surface area contributed by atoms with Crippen LogP contribution < -0.4 is 16.2 Å². The third-order valence-electron chi connectivity index (χ3n) is 2.32. The molecule has 4 heteroatoms. The molecule has 0 aromatic heterocycles. The number of guanidine groups is 1. The van der Waals surface area contributed by atoms with Gasteiger partial charge in [-0.3, -0.25) is 0 Å². The Hall–Kier alpha value is -2.49. The van der Waals surface area contributed by atoms with E-state index >= 15 is 0 Å². The maximum Gasteiger partial charge on any atom is 0.191 e. The third kappa shape index (κ3) is 5.44. The van der Waals surface area contributed by atoms with E-state index in [4.69, 9.17) is 16.2 Å². The minimum atomic E-state index is 0.0372. The van der Waals surface area contributed by atoms with Crippen molar-refractivity contribution in [3.63, 3.8) is 0 Å². The zero-order valence-electron chi connectivity index (χ0n) is 11.9. The minimum Gasteiger partial charge on any atom is -0.489 e. The van der Waals surface area contributed by atoms with Gasteiger partial charge >= 0.3 is 0 Å². The van der Waals surface area contributed by atoms with Gasteiger partial charge in [0, 0.05) is 6.07 Å². The van der Waals surface area contributed by atoms with Gasteiger partial charge in [0.15, 0.2) is 5.96 Å². The second-order valence-corrected chi connectivity index (χ2v) is 3.81. The van der Waals surface area contributed by atoms with Crippen molar-refractivity contribution >= 4 is 11.6 Å². The molecule has 0 unspecified atom stereocenters. The first-order chi connectivity index (χ1) is 9.74. The Labute approximate surface area is 120 Å². The monoisotopic (exact) mass is 271 g/mol. The molecule has 4 nitrogen and oxygen atoms in total. The molecule has 2 aromatic rings. The highest BCUT2D eigenvalue weighted by Gasteiger charge is 1.97. The smallest absolute Gasteiger partial charge is 0.191 e. The van der Waals surface area contributed by atoms with E-state index in [0.717, 1.165) is 11.3 Å². The molecule has 2 aromatic carbocycles. The summed E-state index contributed by atoms with van der Waals surface area (Å²) in [4.78, 5) is 3.97. The largest absolute Gasteiger partial charge is 0.489 e. The first-order valence-corrected chi connectivity index (χ1v) is 6.60. The molecule has 106 valence electrons. The van der Waals surface area contributed by atoms with Gasteiger partial charge in [-0.05, 0) is 17.7 Å². The lowest BCUT2D eigenvalue weighted by Crippen LogP contribution is -2.21. The molecule has 0 aliphatic rings. The second-order valence-electron chi connectivity index (χ2n) is 3.81. The molecule has 2 rings (SSSR count). The highest BCUT2D eigenvalue weighted by molar-refractivity contribution is 5.79. The predicted octanol–water partition coefficient (Wildman–Crippen LogP) is 3.20. The van der Waals surface area contributed by atoms with Crippen LogP contribution in [0.1, 0.15) is 19.4 Å². The second kappa shape index (κ2) is 8.58. The average Bonchev–Trinajstić information content (AvgIpc) is 2.48. The molecule has 0 bridgehead atoms. The summed E-state index contributed by atoms with van der Waals surface area (Å²) in [6.07, 6.45) is 0. The van der Waals surface area contributed by atoms with E-state index in [2.05, 4.69) is 4.99 Å². The Bertz CT molecular complexity index is 534. The molecular formula is C16H21N3O. The van der Waals surface area contributed by atoms with Crippen LogP contribution in [0.5, 0.6) is 5.75 Å². The summed E-state index contributed by atoms with van der Waals surface area (Å²) in [5.74, 6) is 0.775. The van der Waals surface area contributed by atoms with Gasteiger partial charge in [0.25, 0.3) is 0 Å². The molecule has 0 saturated carbocycles. The molecule has 0 saturated heterocycles. The Morgan fingerprint density at radius 3 is 2.35 bits per heavy atom. The van der Waals surface area contributed by atoms with Crippen molar-refractivity contribution in [1.29, 1.82) is 0 Å². The van der Waals surface area contributed by atoms with Crippen molar-refractivity contribution < 1.29 is 4.74 Å². The van der Waals surface area contributed by atoms with Crippen LogP contribution >= 0.6 is 0 Å². The number of hydrogen-bond donors (Lipinski definition) is 2. The van der Waals surface area contributed by atoms with E-state index in [1.165, 1.54) is 0 Å². The molecular weight excluding hydrogens is 250 g/mol. The summed E-state index contributed by atoms with van der Waals surface area (Å²) in [5, 5.41) is 0. The molecule has 0 amide bonds. The number of aliphatic imine (C=N–C) groups is 1. The lowest BCUT2D eigenvalue weighted by atomic mass is 10.2. The number of rotatable bonds is 4. The van der Waals surface area contributed by atoms with E-state index in [-0.39, 0.29) is 5.96 Å². The van der Waals surface area contributed by atoms with Crippen LogP contribution in [0.3, 0.4) is 0 Å². The maximum absolute atomic E-state index is 5.66. The van der Waals surface area contributed by atoms with Gasteiger partial charge in [0.05, 0.1) is 5.69 Å². The molecule has 4 N–H and O–H groups in total. The van der Waals surface area contributed by atoms with Crippen LogP contribution in [0, 0.1) is 0 Å². The van der Waals surface area contributed by atoms with E-state index in [9.17, 15) is 0 Å². The number of nitrogens with two attached hydrogens (primary N) is 2. The van der Waals surface area contributed by atoms with Crippen molar-refractivity contribution in [3.05, 3.63) is 60.2 Å². The maximum atomic E-state index is 5.66. The van der Waals surface area contributed by atoms with Gasteiger partial charge in [0.1, 0.15) is 12.4 Å². The summed E-state index contributed by atoms with van der Waals surface area (Å²) in [5.41, 5.74) is 12.4. The highest BCUT2D eigenvalue weighted by atomic mass is 16.5. The van der Waals surface area contributed by atoms with Gasteiger partial charge in [-0.15, -0.1) is 0 Å². The first-order valence-electron chi connectivity index (χ1n) is 6.60. The topological polar surface area (TPSA) is 73.6 Å². The minimum absolute atomic E-state index is 0.0372. The standard InChI is InChI=1S/C14H15N3O.C2H6/c15-14(16)17-12-7-4-8-13(9-12)18-10-11-5-2-1-3-6-11;1-2/h1-9H,10H2,(H4,15,16,17);1-2H3. The summed E-state index contributed by atoms with van der Waals surface area (Å²) in [6, 6.07) is 17.3. The molecule has 0 spiro atoms. The average molecular weight is 271 g/mol. The number of benzene rings is 2. The van der Waals surface area contributed by atoms with E-state index in [0.29, 0.717) is 12.3 Å². The van der Waals surface area contributed by atoms with Crippen molar-refractivity contribution in [1.82, 2.24) is 0 Å². The Kier molecular flexibility index (Phi) is 6.68. The quantitative estimate of drug-likeness (QED) is 0.662. The Morgan fingerprint density at radius 2 is 1.70 bits per heavy atom. The Balaban J connectivity index is 0.000000956. The molecule has 0 radical (unpaired) electrons. The van der Waals surface area contributed by atoms with Crippen LogP contribution in [0.4, 0.5) is 5.69 Å². The molecule has 0 aliphatic carbocycles. The normalized spacial score (nSPS) is 9.10. The molecule has 0 aliphatic heterocycles. The predicted molar refractivity (Wildman–Crippen MR) is 84.0 cm³/mol. The summed E-state index contributed by atoms with van der Waals surface area (Å²) in [6.45, 7) is 4.52. The number of hydrogen-bond acceptors (Lipinski definition) is 2. The van der Waals surface area contributed by atoms with E-state index in [1.54, 1.807) is 6.07 Å². The fraction of sp³-hybridized carbons (Fsp3) is 0.188. The molecule has 0 heterocycles. The molecule has 0 fully saturated rings. The fourth-order valence-electron chi connectivity index (χ4n) is 1.53. The van der Waals surface area contributed by atoms with E-state index < -0.39 is 0 Å². The zero-order chi connectivity index (χ0) is 14.8. The van der Waals surface area contributed by atoms with Gasteiger partial charge < -0.3 is 16.2 Å². The van der Waals surface area contributed by atoms with Crippen molar-refractivity contribution in [2.24, 2.45) is 16.5 Å². The zero-order valence-corrected chi connectivity index (χ0v) is 11.9. The van der Waals surface area contributed by atoms with Gasteiger partial charge in [-0.2, -0.15) is 0 Å². The van der Waals surface area contributed by atoms with Crippen molar-refractivity contribution in [2.45, 2.75) is 20.5 Å². The highest BCUT2D eigenvalue weighted by Crippen LogP contribution is 2.20.